The minimum absolute atomic E-state index is 0.000826. The van der Waals surface area contributed by atoms with Crippen molar-refractivity contribution in [3.05, 3.63) is 35.9 Å². The molecule has 1 aromatic rings. The number of hydrogen-bond acceptors (Lipinski definition) is 7. The van der Waals surface area contributed by atoms with Gasteiger partial charge in [-0.25, -0.2) is 4.79 Å². The van der Waals surface area contributed by atoms with E-state index < -0.39 is 60.2 Å². The molecule has 3 amide bonds. The van der Waals surface area contributed by atoms with Crippen LogP contribution in [0.25, 0.3) is 0 Å². The number of thioether (sulfide) groups is 1. The Kier molecular flexibility index (Phi) is 13.6. The van der Waals surface area contributed by atoms with Gasteiger partial charge in [-0.2, -0.15) is 11.8 Å². The molecule has 11 nitrogen and oxygen atoms in total. The molecular weight excluding hydrogens is 488 g/mol. The van der Waals surface area contributed by atoms with Crippen LogP contribution in [0.3, 0.4) is 0 Å². The Hall–Kier alpha value is -3.12. The number of nitrogens with one attached hydrogen (secondary N) is 3. The lowest BCUT2D eigenvalue weighted by Gasteiger charge is -2.25. The Balaban J connectivity index is 2.95. The van der Waals surface area contributed by atoms with E-state index in [0.29, 0.717) is 5.75 Å². The third-order valence-electron chi connectivity index (χ3n) is 5.21. The maximum absolute atomic E-state index is 12.9. The van der Waals surface area contributed by atoms with Crippen molar-refractivity contribution in [3.8, 4) is 0 Å². The van der Waals surface area contributed by atoms with Crippen LogP contribution >= 0.6 is 11.8 Å². The van der Waals surface area contributed by atoms with Crippen molar-refractivity contribution < 1.29 is 34.2 Å². The van der Waals surface area contributed by atoms with Crippen LogP contribution in [-0.2, 0) is 30.4 Å². The van der Waals surface area contributed by atoms with E-state index in [4.69, 9.17) is 5.73 Å². The topological polar surface area (TPSA) is 188 Å². The van der Waals surface area contributed by atoms with Crippen molar-refractivity contribution in [1.82, 2.24) is 16.0 Å². The predicted octanol–water partition coefficient (Wildman–Crippen LogP) is 0.369. The van der Waals surface area contributed by atoms with Gasteiger partial charge in [0.1, 0.15) is 18.1 Å². The van der Waals surface area contributed by atoms with Gasteiger partial charge >= 0.3 is 11.9 Å². The number of nitrogens with two attached hydrogens (primary N) is 1. The Morgan fingerprint density at radius 1 is 0.889 bits per heavy atom. The van der Waals surface area contributed by atoms with Gasteiger partial charge in [0, 0.05) is 0 Å². The maximum Gasteiger partial charge on any atom is 0.326 e. The van der Waals surface area contributed by atoms with Crippen LogP contribution in [0.1, 0.15) is 38.7 Å². The van der Waals surface area contributed by atoms with E-state index in [-0.39, 0.29) is 25.2 Å². The van der Waals surface area contributed by atoms with Crippen LogP contribution < -0.4 is 21.7 Å². The highest BCUT2D eigenvalue weighted by molar-refractivity contribution is 7.98. The number of benzene rings is 1. The summed E-state index contributed by atoms with van der Waals surface area (Å²) in [6.45, 7) is 3.63. The number of aliphatic carboxylic acids is 2. The minimum Gasteiger partial charge on any atom is -0.481 e. The molecule has 0 aliphatic heterocycles. The van der Waals surface area contributed by atoms with Gasteiger partial charge < -0.3 is 31.9 Å². The zero-order valence-corrected chi connectivity index (χ0v) is 21.5. The second kappa shape index (κ2) is 15.8. The SMILES string of the molecule is CSCCC(NC(=O)C(CC(=O)O)NC(=O)C(N)Cc1ccccc1)C(=O)NC(CC(C)C)C(=O)O. The summed E-state index contributed by atoms with van der Waals surface area (Å²) in [7, 11) is 0. The van der Waals surface area contributed by atoms with Gasteiger partial charge in [0.05, 0.1) is 12.5 Å². The standard InChI is InChI=1S/C24H36N4O7S/c1-14(2)11-19(24(34)35)28-22(32)17(9-10-36-3)26-23(33)18(13-20(29)30)27-21(31)16(25)12-15-7-5-4-6-8-15/h4-8,14,16-19H,9-13,25H2,1-3H3,(H,26,33)(H,27,31)(H,28,32)(H,29,30)(H,34,35). The summed E-state index contributed by atoms with van der Waals surface area (Å²) < 4.78 is 0. The first-order chi connectivity index (χ1) is 16.9. The fourth-order valence-electron chi connectivity index (χ4n) is 3.37. The molecule has 1 rings (SSSR count). The van der Waals surface area contributed by atoms with Gasteiger partial charge in [0.15, 0.2) is 0 Å². The summed E-state index contributed by atoms with van der Waals surface area (Å²) in [5.74, 6) is -4.36. The van der Waals surface area contributed by atoms with Crippen LogP contribution in [-0.4, -0.2) is 76.0 Å². The third-order valence-corrected chi connectivity index (χ3v) is 5.86. The van der Waals surface area contributed by atoms with Gasteiger partial charge in [-0.3, -0.25) is 19.2 Å². The highest BCUT2D eigenvalue weighted by Gasteiger charge is 2.31. The number of carboxylic acid groups (broad SMARTS) is 2. The normalized spacial score (nSPS) is 14.2. The van der Waals surface area contributed by atoms with Crippen LogP contribution in [0.15, 0.2) is 30.3 Å². The summed E-state index contributed by atoms with van der Waals surface area (Å²) in [6.07, 6.45) is 1.63. The molecule has 0 saturated carbocycles. The van der Waals surface area contributed by atoms with E-state index in [1.807, 2.05) is 19.9 Å². The molecule has 0 spiro atoms. The van der Waals surface area contributed by atoms with E-state index in [2.05, 4.69) is 16.0 Å². The van der Waals surface area contributed by atoms with Gasteiger partial charge in [-0.15, -0.1) is 0 Å². The number of hydrogen-bond donors (Lipinski definition) is 6. The quantitative estimate of drug-likeness (QED) is 0.177. The lowest BCUT2D eigenvalue weighted by atomic mass is 10.0. The molecule has 0 heterocycles. The van der Waals surface area contributed by atoms with E-state index in [0.717, 1.165) is 5.56 Å². The number of carboxylic acids is 2. The van der Waals surface area contributed by atoms with Gasteiger partial charge in [0.2, 0.25) is 17.7 Å². The zero-order chi connectivity index (χ0) is 27.3. The maximum atomic E-state index is 12.9. The zero-order valence-electron chi connectivity index (χ0n) is 20.7. The molecule has 0 fully saturated rings. The van der Waals surface area contributed by atoms with Crippen molar-refractivity contribution >= 4 is 41.4 Å². The molecular formula is C24H36N4O7S. The number of carbonyl (C=O) groups is 5. The molecule has 7 N–H and O–H groups in total. The Morgan fingerprint density at radius 3 is 1.97 bits per heavy atom. The number of rotatable bonds is 16. The summed E-state index contributed by atoms with van der Waals surface area (Å²) in [6, 6.07) is 4.19. The fraction of sp³-hybridized carbons (Fsp3) is 0.542. The Morgan fingerprint density at radius 2 is 1.44 bits per heavy atom. The average Bonchev–Trinajstić information content (AvgIpc) is 2.80. The monoisotopic (exact) mass is 524 g/mol. The second-order valence-electron chi connectivity index (χ2n) is 8.83. The van der Waals surface area contributed by atoms with Crippen molar-refractivity contribution in [1.29, 1.82) is 0 Å². The minimum atomic E-state index is -1.48. The second-order valence-corrected chi connectivity index (χ2v) is 9.81. The number of amides is 3. The lowest BCUT2D eigenvalue weighted by molar-refractivity contribution is -0.143. The van der Waals surface area contributed by atoms with Crippen molar-refractivity contribution in [2.24, 2.45) is 11.7 Å². The van der Waals surface area contributed by atoms with Crippen LogP contribution in [0, 0.1) is 5.92 Å². The van der Waals surface area contributed by atoms with Gasteiger partial charge in [-0.1, -0.05) is 44.2 Å². The van der Waals surface area contributed by atoms with Crippen molar-refractivity contribution in [2.75, 3.05) is 12.0 Å². The molecule has 4 unspecified atom stereocenters. The number of carbonyl (C=O) groups excluding carboxylic acids is 3. The van der Waals surface area contributed by atoms with E-state index in [1.165, 1.54) is 11.8 Å². The molecule has 0 aromatic heterocycles. The molecule has 0 radical (unpaired) electrons. The predicted molar refractivity (Wildman–Crippen MR) is 136 cm³/mol. The van der Waals surface area contributed by atoms with E-state index in [9.17, 15) is 34.2 Å². The first kappa shape index (κ1) is 30.9. The van der Waals surface area contributed by atoms with Gasteiger partial charge in [-0.05, 0) is 42.8 Å². The molecule has 0 bridgehead atoms. The molecule has 1 aromatic carbocycles. The smallest absolute Gasteiger partial charge is 0.326 e. The highest BCUT2D eigenvalue weighted by atomic mass is 32.2. The molecule has 36 heavy (non-hydrogen) atoms. The molecule has 0 aliphatic carbocycles. The first-order valence-corrected chi connectivity index (χ1v) is 13.0. The fourth-order valence-corrected chi connectivity index (χ4v) is 3.84. The molecule has 12 heteroatoms. The van der Waals surface area contributed by atoms with E-state index in [1.54, 1.807) is 30.5 Å². The van der Waals surface area contributed by atoms with Crippen molar-refractivity contribution in [3.63, 3.8) is 0 Å². The average molecular weight is 525 g/mol. The summed E-state index contributed by atoms with van der Waals surface area (Å²) in [5, 5.41) is 26.0. The highest BCUT2D eigenvalue weighted by Crippen LogP contribution is 2.08. The van der Waals surface area contributed by atoms with E-state index >= 15 is 0 Å². The molecule has 0 saturated heterocycles. The van der Waals surface area contributed by atoms with Crippen molar-refractivity contribution in [2.45, 2.75) is 63.7 Å². The van der Waals surface area contributed by atoms with Crippen LogP contribution in [0.2, 0.25) is 0 Å². The summed E-state index contributed by atoms with van der Waals surface area (Å²) in [4.78, 5) is 61.3. The summed E-state index contributed by atoms with van der Waals surface area (Å²) >= 11 is 1.42. The largest absolute Gasteiger partial charge is 0.481 e. The Labute approximate surface area is 215 Å². The molecule has 0 aliphatic rings. The summed E-state index contributed by atoms with van der Waals surface area (Å²) in [5.41, 5.74) is 6.75. The molecule has 4 atom stereocenters. The van der Waals surface area contributed by atoms with Crippen LogP contribution in [0.5, 0.6) is 0 Å². The van der Waals surface area contributed by atoms with Crippen LogP contribution in [0.4, 0.5) is 0 Å². The molecule has 200 valence electrons. The lowest BCUT2D eigenvalue weighted by Crippen LogP contribution is -2.57. The van der Waals surface area contributed by atoms with Gasteiger partial charge in [0.25, 0.3) is 0 Å². The third kappa shape index (κ3) is 11.5. The first-order valence-electron chi connectivity index (χ1n) is 11.6. The Bertz CT molecular complexity index is 898.